The minimum atomic E-state index is 0.217. The maximum absolute atomic E-state index is 8.91. The number of methoxy groups -OCH3 is 1. The van der Waals surface area contributed by atoms with Crippen LogP contribution in [0.2, 0.25) is 0 Å². The summed E-state index contributed by atoms with van der Waals surface area (Å²) in [4.78, 5) is 4.15. The number of hydrogen-bond donors (Lipinski definition) is 2. The summed E-state index contributed by atoms with van der Waals surface area (Å²) in [7, 11) is 1.64. The number of nitrogens with zero attached hydrogens (tertiary/aromatic N) is 2. The molecular formula is C14H14N4O. The minimum Gasteiger partial charge on any atom is -0.396 e. The molecule has 0 atom stereocenters. The molecular weight excluding hydrogens is 240 g/mol. The first-order chi connectivity index (χ1) is 9.24. The Kier molecular flexibility index (Phi) is 3.96. The van der Waals surface area contributed by atoms with Crippen LogP contribution in [-0.2, 0) is 11.3 Å². The Morgan fingerprint density at radius 1 is 1.32 bits per heavy atom. The predicted octanol–water partition coefficient (Wildman–Crippen LogP) is 2.43. The number of hydrogen-bond acceptors (Lipinski definition) is 5. The van der Waals surface area contributed by atoms with Crippen LogP contribution in [0.4, 0.5) is 17.2 Å². The van der Waals surface area contributed by atoms with Crippen molar-refractivity contribution in [2.45, 2.75) is 6.61 Å². The summed E-state index contributed by atoms with van der Waals surface area (Å²) in [5.41, 5.74) is 8.14. The Morgan fingerprint density at radius 2 is 2.11 bits per heavy atom. The number of para-hydroxylation sites is 1. The van der Waals surface area contributed by atoms with E-state index in [1.807, 2.05) is 30.3 Å². The van der Waals surface area contributed by atoms with E-state index in [-0.39, 0.29) is 5.69 Å². The number of pyridine rings is 1. The van der Waals surface area contributed by atoms with Gasteiger partial charge in [-0.1, -0.05) is 18.2 Å². The van der Waals surface area contributed by atoms with Gasteiger partial charge in [-0.05, 0) is 18.2 Å². The Hall–Kier alpha value is -2.58. The molecule has 0 bridgehead atoms. The third-order valence-electron chi connectivity index (χ3n) is 2.61. The van der Waals surface area contributed by atoms with Crippen LogP contribution >= 0.6 is 0 Å². The number of anilines is 3. The van der Waals surface area contributed by atoms with Crippen molar-refractivity contribution in [1.82, 2.24) is 4.98 Å². The van der Waals surface area contributed by atoms with Crippen molar-refractivity contribution >= 4 is 17.2 Å². The molecule has 0 saturated carbocycles. The molecule has 0 fully saturated rings. The van der Waals surface area contributed by atoms with E-state index in [9.17, 15) is 0 Å². The van der Waals surface area contributed by atoms with E-state index >= 15 is 0 Å². The van der Waals surface area contributed by atoms with Crippen LogP contribution in [-0.4, -0.2) is 12.1 Å². The molecule has 96 valence electrons. The molecule has 2 rings (SSSR count). The van der Waals surface area contributed by atoms with Gasteiger partial charge in [-0.25, -0.2) is 4.98 Å². The lowest BCUT2D eigenvalue weighted by atomic mass is 10.2. The van der Waals surface area contributed by atoms with Gasteiger partial charge in [0.05, 0.1) is 12.3 Å². The number of benzene rings is 1. The zero-order valence-electron chi connectivity index (χ0n) is 10.6. The van der Waals surface area contributed by atoms with E-state index in [1.54, 1.807) is 19.2 Å². The van der Waals surface area contributed by atoms with Crippen molar-refractivity contribution in [2.24, 2.45) is 0 Å². The highest BCUT2D eigenvalue weighted by atomic mass is 16.5. The van der Waals surface area contributed by atoms with Crippen LogP contribution in [0.3, 0.4) is 0 Å². The monoisotopic (exact) mass is 254 g/mol. The number of nitrogens with two attached hydrogens (primary N) is 1. The number of rotatable bonds is 4. The van der Waals surface area contributed by atoms with Gasteiger partial charge in [0.15, 0.2) is 5.69 Å². The number of aromatic nitrogens is 1. The summed E-state index contributed by atoms with van der Waals surface area (Å²) in [5.74, 6) is 0.578. The lowest BCUT2D eigenvalue weighted by molar-refractivity contribution is 0.185. The quantitative estimate of drug-likeness (QED) is 0.875. The molecule has 2 aromatic rings. The molecule has 5 heteroatoms. The molecule has 19 heavy (non-hydrogen) atoms. The number of nitrogens with one attached hydrogen (secondary N) is 1. The van der Waals surface area contributed by atoms with Crippen LogP contribution in [0.15, 0.2) is 36.4 Å². The van der Waals surface area contributed by atoms with Gasteiger partial charge in [0.2, 0.25) is 0 Å². The molecule has 0 spiro atoms. The van der Waals surface area contributed by atoms with Crippen LogP contribution in [0.5, 0.6) is 0 Å². The molecule has 1 aromatic heterocycles. The maximum Gasteiger partial charge on any atom is 0.165 e. The molecule has 0 amide bonds. The number of ether oxygens (including phenoxy) is 1. The Morgan fingerprint density at radius 3 is 2.84 bits per heavy atom. The zero-order valence-corrected chi connectivity index (χ0v) is 10.6. The van der Waals surface area contributed by atoms with Crippen molar-refractivity contribution < 1.29 is 4.74 Å². The lowest BCUT2D eigenvalue weighted by Crippen LogP contribution is -2.01. The number of nitriles is 1. The predicted molar refractivity (Wildman–Crippen MR) is 73.8 cm³/mol. The van der Waals surface area contributed by atoms with Gasteiger partial charge in [0, 0.05) is 18.4 Å². The SMILES string of the molecule is COCc1ccccc1Nc1ccc(N)c(C#N)n1. The Bertz CT molecular complexity index is 619. The first kappa shape index (κ1) is 12.9. The van der Waals surface area contributed by atoms with Gasteiger partial charge in [0.25, 0.3) is 0 Å². The van der Waals surface area contributed by atoms with E-state index in [4.69, 9.17) is 15.7 Å². The summed E-state index contributed by atoms with van der Waals surface area (Å²) >= 11 is 0. The van der Waals surface area contributed by atoms with Crippen molar-refractivity contribution in [3.8, 4) is 6.07 Å². The van der Waals surface area contributed by atoms with Gasteiger partial charge in [0.1, 0.15) is 11.9 Å². The molecule has 5 nitrogen and oxygen atoms in total. The second kappa shape index (κ2) is 5.85. The Balaban J connectivity index is 2.29. The van der Waals surface area contributed by atoms with Gasteiger partial charge in [-0.3, -0.25) is 0 Å². The highest BCUT2D eigenvalue weighted by Crippen LogP contribution is 2.21. The third kappa shape index (κ3) is 3.00. The number of nitrogen functional groups attached to an aromatic ring is 1. The van der Waals surface area contributed by atoms with Crippen LogP contribution in [0.25, 0.3) is 0 Å². The smallest absolute Gasteiger partial charge is 0.165 e. The van der Waals surface area contributed by atoms with Crippen LogP contribution in [0, 0.1) is 11.3 Å². The van der Waals surface area contributed by atoms with Crippen LogP contribution < -0.4 is 11.1 Å². The average Bonchev–Trinajstić information content (AvgIpc) is 2.43. The van der Waals surface area contributed by atoms with Crippen molar-refractivity contribution in [3.63, 3.8) is 0 Å². The summed E-state index contributed by atoms with van der Waals surface area (Å²) in [5, 5.41) is 12.1. The summed E-state index contributed by atoms with van der Waals surface area (Å²) < 4.78 is 5.14. The highest BCUT2D eigenvalue weighted by molar-refractivity contribution is 5.63. The average molecular weight is 254 g/mol. The second-order valence-electron chi connectivity index (χ2n) is 3.96. The molecule has 0 aliphatic rings. The summed E-state index contributed by atoms with van der Waals surface area (Å²) in [6.07, 6.45) is 0. The zero-order chi connectivity index (χ0) is 13.7. The Labute approximate surface area is 111 Å². The fourth-order valence-electron chi connectivity index (χ4n) is 1.69. The summed E-state index contributed by atoms with van der Waals surface area (Å²) in [6, 6.07) is 13.1. The van der Waals surface area contributed by atoms with Gasteiger partial charge in [-0.2, -0.15) is 5.26 Å². The van der Waals surface area contributed by atoms with Crippen LogP contribution in [0.1, 0.15) is 11.3 Å². The van der Waals surface area contributed by atoms with E-state index in [0.717, 1.165) is 11.3 Å². The largest absolute Gasteiger partial charge is 0.396 e. The highest BCUT2D eigenvalue weighted by Gasteiger charge is 2.05. The molecule has 1 aromatic carbocycles. The molecule has 0 aliphatic carbocycles. The normalized spacial score (nSPS) is 9.89. The summed E-state index contributed by atoms with van der Waals surface area (Å²) in [6.45, 7) is 0.503. The minimum absolute atomic E-state index is 0.217. The molecule has 0 radical (unpaired) electrons. The van der Waals surface area contributed by atoms with E-state index < -0.39 is 0 Å². The maximum atomic E-state index is 8.91. The molecule has 0 aliphatic heterocycles. The fraction of sp³-hybridized carbons (Fsp3) is 0.143. The first-order valence-electron chi connectivity index (χ1n) is 5.75. The first-order valence-corrected chi connectivity index (χ1v) is 5.75. The van der Waals surface area contributed by atoms with Gasteiger partial charge in [-0.15, -0.1) is 0 Å². The molecule has 3 N–H and O–H groups in total. The second-order valence-corrected chi connectivity index (χ2v) is 3.96. The molecule has 0 unspecified atom stereocenters. The van der Waals surface area contributed by atoms with E-state index in [2.05, 4.69) is 10.3 Å². The third-order valence-corrected chi connectivity index (χ3v) is 2.61. The standard InChI is InChI=1S/C14H14N4O/c1-19-9-10-4-2-3-5-12(10)17-14-7-6-11(16)13(8-15)18-14/h2-7H,9,16H2,1H3,(H,17,18). The topological polar surface area (TPSA) is 84.0 Å². The molecule has 1 heterocycles. The van der Waals surface area contributed by atoms with Gasteiger partial charge >= 0.3 is 0 Å². The van der Waals surface area contributed by atoms with Crippen molar-refractivity contribution in [2.75, 3.05) is 18.2 Å². The van der Waals surface area contributed by atoms with Crippen molar-refractivity contribution in [3.05, 3.63) is 47.7 Å². The lowest BCUT2D eigenvalue weighted by Gasteiger charge is -2.11. The fourth-order valence-corrected chi connectivity index (χ4v) is 1.69. The van der Waals surface area contributed by atoms with E-state index in [1.165, 1.54) is 0 Å². The van der Waals surface area contributed by atoms with E-state index in [0.29, 0.717) is 18.1 Å². The van der Waals surface area contributed by atoms with Crippen molar-refractivity contribution in [1.29, 1.82) is 5.26 Å². The van der Waals surface area contributed by atoms with Gasteiger partial charge < -0.3 is 15.8 Å². The molecule has 0 saturated heterocycles.